The highest BCUT2D eigenvalue weighted by molar-refractivity contribution is 5.77. The smallest absolute Gasteiger partial charge is 0.322 e. The number of hydrogen-bond donors (Lipinski definition) is 3. The van der Waals surface area contributed by atoms with Gasteiger partial charge in [-0.05, 0) is 110 Å². The average molecular weight is 544 g/mol. The number of esters is 1. The molecule has 5 rings (SSSR count). The number of allylic oxidation sites excluding steroid dienone is 2. The molecule has 220 valence electrons. The summed E-state index contributed by atoms with van der Waals surface area (Å²) in [5, 5.41) is 22.1. The van der Waals surface area contributed by atoms with Crippen molar-refractivity contribution in [3.05, 3.63) is 11.6 Å². The molecule has 5 aliphatic rings. The number of fused-ring (bicyclic) bond motifs is 7. The Bertz CT molecular complexity index is 1070. The molecule has 0 bridgehead atoms. The number of carbonyl (C=O) groups is 2. The Morgan fingerprint density at radius 2 is 1.69 bits per heavy atom. The third-order valence-corrected chi connectivity index (χ3v) is 14.0. The SMILES string of the molecule is CC(N)C(=O)O[C@@H]1C[C@@]2(C)C(CC[C@]3(C)C2CC=C2C4[C@@H](C)[C@H](C)CC[C@]4(C(=O)O)CC[C@]23C)C(C)(C)[C@H]1O. The molecule has 0 saturated heterocycles. The van der Waals surface area contributed by atoms with Crippen molar-refractivity contribution in [2.75, 3.05) is 0 Å². The molecule has 4 fully saturated rings. The van der Waals surface area contributed by atoms with Crippen LogP contribution in [0.2, 0.25) is 0 Å². The van der Waals surface area contributed by atoms with E-state index < -0.39 is 41.0 Å². The maximum absolute atomic E-state index is 12.9. The number of carboxylic acid groups (broad SMARTS) is 1. The number of hydrogen-bond acceptors (Lipinski definition) is 5. The first-order valence-corrected chi connectivity index (χ1v) is 15.6. The molecule has 4 unspecified atom stereocenters. The minimum atomic E-state index is -0.733. The van der Waals surface area contributed by atoms with Gasteiger partial charge in [0, 0.05) is 0 Å². The first kappa shape index (κ1) is 29.1. The van der Waals surface area contributed by atoms with Crippen LogP contribution in [0.4, 0.5) is 0 Å². The molecule has 0 aromatic rings. The van der Waals surface area contributed by atoms with Gasteiger partial charge in [-0.15, -0.1) is 0 Å². The molecule has 12 atom stereocenters. The summed E-state index contributed by atoms with van der Waals surface area (Å²) in [4.78, 5) is 25.5. The fraction of sp³-hybridized carbons (Fsp3) is 0.879. The Hall–Kier alpha value is -1.40. The summed E-state index contributed by atoms with van der Waals surface area (Å²) in [6.45, 7) is 17.8. The van der Waals surface area contributed by atoms with Crippen LogP contribution in [0, 0.1) is 56.7 Å². The molecule has 4 N–H and O–H groups in total. The average Bonchev–Trinajstić information content (AvgIpc) is 2.84. The van der Waals surface area contributed by atoms with E-state index in [0.717, 1.165) is 44.9 Å². The topological polar surface area (TPSA) is 110 Å². The Morgan fingerprint density at radius 1 is 1.03 bits per heavy atom. The Labute approximate surface area is 235 Å². The lowest BCUT2D eigenvalue weighted by molar-refractivity contribution is -0.238. The fourth-order valence-corrected chi connectivity index (χ4v) is 11.3. The van der Waals surface area contributed by atoms with E-state index in [-0.39, 0.29) is 22.2 Å². The summed E-state index contributed by atoms with van der Waals surface area (Å²) < 4.78 is 5.90. The van der Waals surface area contributed by atoms with E-state index in [0.29, 0.717) is 30.1 Å². The van der Waals surface area contributed by atoms with Gasteiger partial charge in [0.2, 0.25) is 0 Å². The summed E-state index contributed by atoms with van der Waals surface area (Å²) >= 11 is 0. The van der Waals surface area contributed by atoms with Crippen molar-refractivity contribution in [2.45, 2.75) is 125 Å². The van der Waals surface area contributed by atoms with Crippen LogP contribution in [0.5, 0.6) is 0 Å². The lowest BCUT2D eigenvalue weighted by Gasteiger charge is -2.71. The van der Waals surface area contributed by atoms with E-state index in [2.05, 4.69) is 54.5 Å². The Morgan fingerprint density at radius 3 is 2.31 bits per heavy atom. The van der Waals surface area contributed by atoms with Crippen molar-refractivity contribution in [1.82, 2.24) is 0 Å². The molecule has 0 aromatic heterocycles. The van der Waals surface area contributed by atoms with Crippen molar-refractivity contribution in [3.63, 3.8) is 0 Å². The molecule has 0 aromatic carbocycles. The van der Waals surface area contributed by atoms with Gasteiger partial charge < -0.3 is 20.7 Å². The van der Waals surface area contributed by atoms with E-state index in [1.54, 1.807) is 6.92 Å². The first-order chi connectivity index (χ1) is 18.0. The minimum absolute atomic E-state index is 0.00148. The van der Waals surface area contributed by atoms with Crippen LogP contribution >= 0.6 is 0 Å². The molecular formula is C33H53NO5. The number of ether oxygens (including phenoxy) is 1. The van der Waals surface area contributed by atoms with Gasteiger partial charge >= 0.3 is 11.9 Å². The molecule has 4 saturated carbocycles. The number of carbonyl (C=O) groups excluding carboxylic acids is 1. The van der Waals surface area contributed by atoms with Crippen LogP contribution in [0.3, 0.4) is 0 Å². The van der Waals surface area contributed by atoms with Gasteiger partial charge in [0.05, 0.1) is 11.5 Å². The van der Waals surface area contributed by atoms with E-state index in [4.69, 9.17) is 10.5 Å². The van der Waals surface area contributed by atoms with Crippen LogP contribution in [0.1, 0.15) is 107 Å². The molecule has 0 amide bonds. The summed E-state index contributed by atoms with van der Waals surface area (Å²) in [5.74, 6) is 0.561. The number of rotatable bonds is 3. The second-order valence-electron chi connectivity index (χ2n) is 15.8. The maximum atomic E-state index is 12.9. The summed E-state index contributed by atoms with van der Waals surface area (Å²) in [7, 11) is 0. The normalized spacial score (nSPS) is 51.2. The van der Waals surface area contributed by atoms with E-state index in [1.807, 2.05) is 0 Å². The number of nitrogens with two attached hydrogens (primary N) is 1. The van der Waals surface area contributed by atoms with Crippen molar-refractivity contribution >= 4 is 11.9 Å². The monoisotopic (exact) mass is 543 g/mol. The zero-order chi connectivity index (χ0) is 28.9. The first-order valence-electron chi connectivity index (χ1n) is 15.6. The highest BCUT2D eigenvalue weighted by Crippen LogP contribution is 2.75. The zero-order valence-electron chi connectivity index (χ0n) is 25.5. The molecule has 0 heterocycles. The highest BCUT2D eigenvalue weighted by Gasteiger charge is 2.70. The minimum Gasteiger partial charge on any atom is -0.481 e. The predicted octanol–water partition coefficient (Wildman–Crippen LogP) is 5.96. The number of aliphatic carboxylic acids is 1. The summed E-state index contributed by atoms with van der Waals surface area (Å²) in [6.07, 6.45) is 8.24. The van der Waals surface area contributed by atoms with Gasteiger partial charge in [0.1, 0.15) is 12.1 Å². The van der Waals surface area contributed by atoms with Gasteiger partial charge in [-0.1, -0.05) is 60.1 Å². The van der Waals surface area contributed by atoms with Gasteiger partial charge in [0.25, 0.3) is 0 Å². The van der Waals surface area contributed by atoms with E-state index in [9.17, 15) is 19.8 Å². The van der Waals surface area contributed by atoms with Crippen molar-refractivity contribution < 1.29 is 24.5 Å². The van der Waals surface area contributed by atoms with Crippen LogP contribution in [0.25, 0.3) is 0 Å². The molecule has 0 aliphatic heterocycles. The van der Waals surface area contributed by atoms with Gasteiger partial charge in [0.15, 0.2) is 0 Å². The largest absolute Gasteiger partial charge is 0.481 e. The van der Waals surface area contributed by atoms with Crippen LogP contribution in [-0.4, -0.2) is 40.4 Å². The number of carboxylic acids is 1. The Kier molecular flexibility index (Phi) is 6.75. The van der Waals surface area contributed by atoms with Gasteiger partial charge in [-0.25, -0.2) is 0 Å². The lowest BCUT2D eigenvalue weighted by Crippen LogP contribution is -2.67. The molecule has 0 spiro atoms. The van der Waals surface area contributed by atoms with Crippen LogP contribution < -0.4 is 5.73 Å². The van der Waals surface area contributed by atoms with Crippen molar-refractivity contribution in [3.8, 4) is 0 Å². The molecule has 6 nitrogen and oxygen atoms in total. The van der Waals surface area contributed by atoms with Gasteiger partial charge in [-0.2, -0.15) is 0 Å². The summed E-state index contributed by atoms with van der Waals surface area (Å²) in [5.41, 5.74) is 6.03. The van der Waals surface area contributed by atoms with Crippen LogP contribution in [-0.2, 0) is 14.3 Å². The zero-order valence-corrected chi connectivity index (χ0v) is 25.5. The third-order valence-electron chi connectivity index (χ3n) is 14.0. The fourth-order valence-electron chi connectivity index (χ4n) is 11.3. The quantitative estimate of drug-likeness (QED) is 0.299. The lowest BCUT2D eigenvalue weighted by atomic mass is 9.33. The predicted molar refractivity (Wildman–Crippen MR) is 152 cm³/mol. The van der Waals surface area contributed by atoms with Crippen molar-refractivity contribution in [1.29, 1.82) is 0 Å². The van der Waals surface area contributed by atoms with E-state index in [1.165, 1.54) is 5.57 Å². The molecule has 6 heteroatoms. The summed E-state index contributed by atoms with van der Waals surface area (Å²) in [6, 6.07) is -0.724. The molecule has 39 heavy (non-hydrogen) atoms. The molecular weight excluding hydrogens is 490 g/mol. The van der Waals surface area contributed by atoms with E-state index >= 15 is 0 Å². The molecule has 0 radical (unpaired) electrons. The maximum Gasteiger partial charge on any atom is 0.322 e. The third kappa shape index (κ3) is 3.72. The second-order valence-corrected chi connectivity index (χ2v) is 15.8. The van der Waals surface area contributed by atoms with Crippen LogP contribution in [0.15, 0.2) is 11.6 Å². The highest BCUT2D eigenvalue weighted by atomic mass is 16.6. The number of aliphatic hydroxyl groups excluding tert-OH is 1. The number of aliphatic hydroxyl groups is 1. The van der Waals surface area contributed by atoms with Gasteiger partial charge in [-0.3, -0.25) is 9.59 Å². The Balaban J connectivity index is 1.58. The standard InChI is InChI=1S/C33H53NO5/c1-18-11-14-33(28(37)38)16-15-31(7)21(25(33)19(18)2)9-10-24-30(6)17-22(39-27(36)20(3)34)26(35)29(4,5)23(30)12-13-32(24,31)8/h9,18-20,22-26,35H,10-17,34H2,1-8H3,(H,37,38)/t18-,19+,20?,22-,23?,24?,25?,26+,30+,31-,32-,33+/m1/s1. The second kappa shape index (κ2) is 9.05. The van der Waals surface area contributed by atoms with Crippen molar-refractivity contribution in [2.24, 2.45) is 62.4 Å². The molecule has 5 aliphatic carbocycles.